The van der Waals surface area contributed by atoms with Crippen LogP contribution in [-0.2, 0) is 40.7 Å². The molecule has 7 heteroatoms. The molecular weight excluding hydrogens is 490 g/mol. The van der Waals surface area contributed by atoms with Gasteiger partial charge in [0.05, 0.1) is 18.1 Å². The van der Waals surface area contributed by atoms with E-state index in [2.05, 4.69) is 48.3 Å². The second kappa shape index (κ2) is 14.0. The first-order valence-electron chi connectivity index (χ1n) is 14.1. The van der Waals surface area contributed by atoms with E-state index in [1.165, 1.54) is 10.9 Å². The molecule has 3 aromatic rings. The highest BCUT2D eigenvalue weighted by molar-refractivity contribution is 5.88. The van der Waals surface area contributed by atoms with Gasteiger partial charge in [-0.1, -0.05) is 37.3 Å². The summed E-state index contributed by atoms with van der Waals surface area (Å²) in [5, 5.41) is 4.49. The molecule has 0 fully saturated rings. The van der Waals surface area contributed by atoms with E-state index in [9.17, 15) is 4.79 Å². The summed E-state index contributed by atoms with van der Waals surface area (Å²) in [6, 6.07) is 14.0. The van der Waals surface area contributed by atoms with Crippen molar-refractivity contribution in [3.05, 3.63) is 65.4 Å². The summed E-state index contributed by atoms with van der Waals surface area (Å²) in [6.45, 7) is 14.0. The molecule has 1 atom stereocenters. The summed E-state index contributed by atoms with van der Waals surface area (Å²) in [7, 11) is 3.91. The Morgan fingerprint density at radius 2 is 1.67 bits per heavy atom. The molecule has 0 aliphatic rings. The predicted octanol–water partition coefficient (Wildman–Crippen LogP) is 5.48. The molecule has 0 aliphatic carbocycles. The van der Waals surface area contributed by atoms with Gasteiger partial charge < -0.3 is 29.0 Å². The SMILES string of the molecule is CCOC(CN(Cc1cccc2c(CC)cn(C)c12)C(=O)C(Cc1ccc(OC(C)(C)C)cc1)NC)OCC. The van der Waals surface area contributed by atoms with E-state index in [-0.39, 0.29) is 11.5 Å². The lowest BCUT2D eigenvalue weighted by Crippen LogP contribution is -2.49. The average molecular weight is 538 g/mol. The van der Waals surface area contributed by atoms with Gasteiger partial charge in [0.25, 0.3) is 0 Å². The van der Waals surface area contributed by atoms with Gasteiger partial charge in [0.15, 0.2) is 6.29 Å². The summed E-state index contributed by atoms with van der Waals surface area (Å²) >= 11 is 0. The van der Waals surface area contributed by atoms with Crippen LogP contribution < -0.4 is 10.1 Å². The van der Waals surface area contributed by atoms with Crippen LogP contribution in [0.1, 0.15) is 58.2 Å². The standard InChI is InChI=1S/C32H47N3O4/c1-9-24-20-34(8)30-25(13-12-14-27(24)30)21-35(22-29(37-10-2)38-11-3)31(36)28(33-7)19-23-15-17-26(18-16-23)39-32(4,5)6/h12-18,20,28-29,33H,9-11,19,21-22H2,1-8H3. The van der Waals surface area contributed by atoms with Crippen molar-refractivity contribution in [1.29, 1.82) is 0 Å². The molecule has 1 N–H and O–H groups in total. The highest BCUT2D eigenvalue weighted by atomic mass is 16.7. The van der Waals surface area contributed by atoms with Crippen molar-refractivity contribution in [2.45, 2.75) is 78.9 Å². The lowest BCUT2D eigenvalue weighted by Gasteiger charge is -2.31. The average Bonchev–Trinajstić information content (AvgIpc) is 3.23. The Bertz CT molecular complexity index is 1190. The molecule has 1 amide bonds. The van der Waals surface area contributed by atoms with Crippen LogP contribution in [-0.4, -0.2) is 60.1 Å². The van der Waals surface area contributed by atoms with E-state index >= 15 is 0 Å². The summed E-state index contributed by atoms with van der Waals surface area (Å²) < 4.78 is 19.9. The number of nitrogens with one attached hydrogen (secondary N) is 1. The fourth-order valence-electron chi connectivity index (χ4n) is 5.00. The smallest absolute Gasteiger partial charge is 0.240 e. The van der Waals surface area contributed by atoms with Crippen LogP contribution in [0.2, 0.25) is 0 Å². The number of hydrogen-bond acceptors (Lipinski definition) is 5. The number of benzene rings is 2. The highest BCUT2D eigenvalue weighted by Crippen LogP contribution is 2.26. The third kappa shape index (κ3) is 8.31. The van der Waals surface area contributed by atoms with E-state index in [0.717, 1.165) is 28.8 Å². The number of hydrogen-bond donors (Lipinski definition) is 1. The van der Waals surface area contributed by atoms with Gasteiger partial charge in [-0.25, -0.2) is 0 Å². The molecule has 1 aromatic heterocycles. The third-order valence-corrected chi connectivity index (χ3v) is 6.73. The van der Waals surface area contributed by atoms with Crippen molar-refractivity contribution in [3.8, 4) is 5.75 Å². The predicted molar refractivity (Wildman–Crippen MR) is 158 cm³/mol. The van der Waals surface area contributed by atoms with Crippen molar-refractivity contribution in [1.82, 2.24) is 14.8 Å². The molecule has 0 bridgehead atoms. The zero-order valence-electron chi connectivity index (χ0n) is 25.0. The number of aryl methyl sites for hydroxylation is 2. The Morgan fingerprint density at radius 1 is 1.00 bits per heavy atom. The van der Waals surface area contributed by atoms with Crippen LogP contribution in [0, 0.1) is 0 Å². The van der Waals surface area contributed by atoms with Crippen LogP contribution in [0.5, 0.6) is 5.75 Å². The van der Waals surface area contributed by atoms with E-state index in [0.29, 0.717) is 32.7 Å². The monoisotopic (exact) mass is 537 g/mol. The number of likely N-dealkylation sites (N-methyl/N-ethyl adjacent to an activating group) is 1. The lowest BCUT2D eigenvalue weighted by atomic mass is 10.0. The quantitative estimate of drug-likeness (QED) is 0.276. The Kier molecular flexibility index (Phi) is 11.0. The minimum absolute atomic E-state index is 0.0128. The fourth-order valence-corrected chi connectivity index (χ4v) is 5.00. The second-order valence-corrected chi connectivity index (χ2v) is 10.9. The third-order valence-electron chi connectivity index (χ3n) is 6.73. The number of rotatable bonds is 14. The van der Waals surface area contributed by atoms with Crippen molar-refractivity contribution < 1.29 is 19.0 Å². The second-order valence-electron chi connectivity index (χ2n) is 10.9. The van der Waals surface area contributed by atoms with Crippen LogP contribution in [0.4, 0.5) is 0 Å². The zero-order chi connectivity index (χ0) is 28.6. The molecule has 0 radical (unpaired) electrons. The largest absolute Gasteiger partial charge is 0.488 e. The number of ether oxygens (including phenoxy) is 3. The van der Waals surface area contributed by atoms with E-state index in [1.54, 1.807) is 0 Å². The zero-order valence-corrected chi connectivity index (χ0v) is 25.0. The molecule has 1 unspecified atom stereocenters. The van der Waals surface area contributed by atoms with Gasteiger partial charge in [0.2, 0.25) is 5.91 Å². The first-order valence-corrected chi connectivity index (χ1v) is 14.1. The molecule has 214 valence electrons. The topological polar surface area (TPSA) is 65.0 Å². The van der Waals surface area contributed by atoms with Crippen LogP contribution in [0.15, 0.2) is 48.7 Å². The first-order chi connectivity index (χ1) is 18.6. The molecule has 3 rings (SSSR count). The summed E-state index contributed by atoms with van der Waals surface area (Å²) in [5.74, 6) is 0.831. The van der Waals surface area contributed by atoms with Crippen molar-refractivity contribution in [3.63, 3.8) is 0 Å². The molecule has 39 heavy (non-hydrogen) atoms. The number of fused-ring (bicyclic) bond motifs is 1. The fraction of sp³-hybridized carbons (Fsp3) is 0.531. The van der Waals surface area contributed by atoms with Gasteiger partial charge in [-0.05, 0) is 83.3 Å². The Labute approximate surface area is 234 Å². The Hall–Kier alpha value is -2.87. The number of carbonyl (C=O) groups excluding carboxylic acids is 1. The molecule has 2 aromatic carbocycles. The molecule has 1 heterocycles. The summed E-state index contributed by atoms with van der Waals surface area (Å²) in [4.78, 5) is 16.0. The van der Waals surface area contributed by atoms with Crippen molar-refractivity contribution in [2.24, 2.45) is 7.05 Å². The summed E-state index contributed by atoms with van der Waals surface area (Å²) in [6.07, 6.45) is 3.22. The number of para-hydroxylation sites is 1. The van der Waals surface area contributed by atoms with Gasteiger partial charge in [0, 0.05) is 38.4 Å². The highest BCUT2D eigenvalue weighted by Gasteiger charge is 2.27. The minimum Gasteiger partial charge on any atom is -0.488 e. The molecule has 0 aliphatic heterocycles. The maximum Gasteiger partial charge on any atom is 0.240 e. The normalized spacial score (nSPS) is 12.7. The molecule has 0 spiro atoms. The Morgan fingerprint density at radius 3 is 2.23 bits per heavy atom. The maximum absolute atomic E-state index is 14.1. The van der Waals surface area contributed by atoms with Gasteiger partial charge >= 0.3 is 0 Å². The van der Waals surface area contributed by atoms with Crippen molar-refractivity contribution >= 4 is 16.8 Å². The lowest BCUT2D eigenvalue weighted by molar-refractivity contribution is -0.160. The van der Waals surface area contributed by atoms with E-state index < -0.39 is 12.3 Å². The van der Waals surface area contributed by atoms with Gasteiger partial charge in [-0.3, -0.25) is 4.79 Å². The first kappa shape index (κ1) is 30.7. The molecule has 7 nitrogen and oxygen atoms in total. The summed E-state index contributed by atoms with van der Waals surface area (Å²) in [5.41, 5.74) is 4.37. The van der Waals surface area contributed by atoms with Crippen LogP contribution >= 0.6 is 0 Å². The molecular formula is C32H47N3O4. The van der Waals surface area contributed by atoms with E-state index in [4.69, 9.17) is 14.2 Å². The maximum atomic E-state index is 14.1. The van der Waals surface area contributed by atoms with Crippen LogP contribution in [0.3, 0.4) is 0 Å². The minimum atomic E-state index is -0.492. The van der Waals surface area contributed by atoms with Gasteiger partial charge in [0.1, 0.15) is 11.4 Å². The van der Waals surface area contributed by atoms with Crippen LogP contribution in [0.25, 0.3) is 10.9 Å². The number of carbonyl (C=O) groups is 1. The Balaban J connectivity index is 1.89. The molecule has 0 saturated carbocycles. The van der Waals surface area contributed by atoms with Gasteiger partial charge in [-0.2, -0.15) is 0 Å². The number of nitrogens with zero attached hydrogens (tertiary/aromatic N) is 2. The van der Waals surface area contributed by atoms with E-state index in [1.807, 2.05) is 70.8 Å². The molecule has 0 saturated heterocycles. The van der Waals surface area contributed by atoms with Gasteiger partial charge in [-0.15, -0.1) is 0 Å². The number of amides is 1. The number of aromatic nitrogens is 1. The van der Waals surface area contributed by atoms with Crippen molar-refractivity contribution in [2.75, 3.05) is 26.8 Å².